The van der Waals surface area contributed by atoms with Gasteiger partial charge in [0.05, 0.1) is 23.8 Å². The zero-order valence-corrected chi connectivity index (χ0v) is 19.1. The number of methoxy groups -OCH3 is 1. The summed E-state index contributed by atoms with van der Waals surface area (Å²) in [6.07, 6.45) is 3.54. The van der Waals surface area contributed by atoms with Crippen molar-refractivity contribution in [2.75, 3.05) is 44.7 Å². The van der Waals surface area contributed by atoms with Gasteiger partial charge in [-0.25, -0.2) is 14.5 Å². The minimum atomic E-state index is 0.311. The quantitative estimate of drug-likeness (QED) is 0.521. The van der Waals surface area contributed by atoms with Gasteiger partial charge < -0.3 is 19.5 Å². The van der Waals surface area contributed by atoms with Crippen LogP contribution in [-0.2, 0) is 0 Å². The predicted octanol–water partition coefficient (Wildman–Crippen LogP) is 3.55. The molecule has 2 saturated heterocycles. The van der Waals surface area contributed by atoms with Crippen LogP contribution in [0.25, 0.3) is 27.9 Å². The van der Waals surface area contributed by atoms with E-state index in [-0.39, 0.29) is 0 Å². The molecule has 4 aromatic rings. The Morgan fingerprint density at radius 3 is 2.72 bits per heavy atom. The van der Waals surface area contributed by atoms with E-state index in [1.54, 1.807) is 18.0 Å². The van der Waals surface area contributed by atoms with Crippen LogP contribution in [0.3, 0.4) is 0 Å². The highest BCUT2D eigenvalue weighted by molar-refractivity contribution is 5.90. The van der Waals surface area contributed by atoms with Gasteiger partial charge in [0.15, 0.2) is 11.4 Å². The lowest BCUT2D eigenvalue weighted by atomic mass is 9.73. The Kier molecular flexibility index (Phi) is 4.24. The molecular formula is C24H29N7O. The number of rotatable bonds is 5. The number of ether oxygens (including phenoxy) is 1. The third kappa shape index (κ3) is 2.82. The van der Waals surface area contributed by atoms with E-state index in [4.69, 9.17) is 9.72 Å². The molecule has 4 aromatic heterocycles. The molecule has 1 spiro atoms. The van der Waals surface area contributed by atoms with Gasteiger partial charge in [0.1, 0.15) is 12.1 Å². The average molecular weight is 432 g/mol. The number of nitrogens with one attached hydrogen (secondary N) is 1. The minimum absolute atomic E-state index is 0.311. The van der Waals surface area contributed by atoms with Gasteiger partial charge in [-0.2, -0.15) is 5.10 Å². The topological polar surface area (TPSA) is 74.6 Å². The number of fused-ring (bicyclic) bond motifs is 2. The first-order valence-corrected chi connectivity index (χ1v) is 11.4. The average Bonchev–Trinajstić information content (AvgIpc) is 3.35. The third-order valence-corrected chi connectivity index (χ3v) is 7.03. The van der Waals surface area contributed by atoms with Crippen molar-refractivity contribution in [3.63, 3.8) is 0 Å². The largest absolute Gasteiger partial charge is 0.493 e. The standard InChI is InChI=1S/C24H29N7O/c1-5-29-10-24(11-29)12-30(13-24)19-7-6-17-22(28-19)20(15(2)3)21(27-17)16-8-18(32-4)23-25-14-26-31(23)9-16/h6-9,14-15,27H,5,10-13H2,1-4H3. The second-order valence-electron chi connectivity index (χ2n) is 9.62. The zero-order chi connectivity index (χ0) is 22.0. The van der Waals surface area contributed by atoms with Gasteiger partial charge in [-0.1, -0.05) is 20.8 Å². The van der Waals surface area contributed by atoms with Crippen molar-refractivity contribution in [2.24, 2.45) is 5.41 Å². The van der Waals surface area contributed by atoms with Crippen molar-refractivity contribution in [3.8, 4) is 17.0 Å². The van der Waals surface area contributed by atoms with Gasteiger partial charge in [-0.15, -0.1) is 0 Å². The fraction of sp³-hybridized carbons (Fsp3) is 0.458. The third-order valence-electron chi connectivity index (χ3n) is 7.03. The van der Waals surface area contributed by atoms with Crippen LogP contribution in [-0.4, -0.2) is 69.3 Å². The molecule has 1 N–H and O–H groups in total. The number of hydrogen-bond acceptors (Lipinski definition) is 6. The molecule has 0 amide bonds. The Bertz CT molecular complexity index is 1310. The molecule has 0 radical (unpaired) electrons. The molecule has 0 bridgehead atoms. The molecule has 0 saturated carbocycles. The number of pyridine rings is 2. The lowest BCUT2D eigenvalue weighted by Crippen LogP contribution is -2.72. The summed E-state index contributed by atoms with van der Waals surface area (Å²) in [6.45, 7) is 12.5. The highest BCUT2D eigenvalue weighted by atomic mass is 16.5. The number of aromatic amines is 1. The van der Waals surface area contributed by atoms with E-state index in [2.05, 4.69) is 57.8 Å². The summed E-state index contributed by atoms with van der Waals surface area (Å²) in [5, 5.41) is 4.32. The molecule has 0 aromatic carbocycles. The molecule has 166 valence electrons. The molecule has 2 aliphatic heterocycles. The molecule has 6 rings (SSSR count). The Morgan fingerprint density at radius 1 is 1.19 bits per heavy atom. The van der Waals surface area contributed by atoms with Crippen molar-refractivity contribution in [1.29, 1.82) is 0 Å². The van der Waals surface area contributed by atoms with Crippen LogP contribution in [0, 0.1) is 5.41 Å². The maximum atomic E-state index is 5.58. The van der Waals surface area contributed by atoms with Crippen molar-refractivity contribution in [3.05, 3.63) is 36.3 Å². The number of H-pyrrole nitrogens is 1. The Labute approximate surface area is 187 Å². The van der Waals surface area contributed by atoms with Gasteiger partial charge in [0, 0.05) is 48.9 Å². The predicted molar refractivity (Wildman–Crippen MR) is 125 cm³/mol. The second kappa shape index (κ2) is 6.93. The molecule has 8 heteroatoms. The van der Waals surface area contributed by atoms with Crippen LogP contribution in [0.2, 0.25) is 0 Å². The Morgan fingerprint density at radius 2 is 2.00 bits per heavy atom. The summed E-state index contributed by atoms with van der Waals surface area (Å²) in [4.78, 5) is 18.0. The highest BCUT2D eigenvalue weighted by Crippen LogP contribution is 2.42. The summed E-state index contributed by atoms with van der Waals surface area (Å²) in [5.74, 6) is 2.09. The van der Waals surface area contributed by atoms with Crippen molar-refractivity contribution >= 4 is 22.5 Å². The molecular weight excluding hydrogens is 402 g/mol. The van der Waals surface area contributed by atoms with Gasteiger partial charge in [0.25, 0.3) is 0 Å². The first-order valence-electron chi connectivity index (χ1n) is 11.4. The smallest absolute Gasteiger partial charge is 0.197 e. The van der Waals surface area contributed by atoms with E-state index >= 15 is 0 Å². The number of anilines is 1. The number of likely N-dealkylation sites (tertiary alicyclic amines) is 1. The van der Waals surface area contributed by atoms with Gasteiger partial charge in [-0.05, 0) is 30.7 Å². The fourth-order valence-corrected chi connectivity index (χ4v) is 5.48. The lowest BCUT2D eigenvalue weighted by Gasteiger charge is -2.60. The molecule has 0 unspecified atom stereocenters. The summed E-state index contributed by atoms with van der Waals surface area (Å²) in [7, 11) is 1.66. The van der Waals surface area contributed by atoms with Crippen molar-refractivity contribution < 1.29 is 4.74 Å². The maximum Gasteiger partial charge on any atom is 0.197 e. The Balaban J connectivity index is 1.39. The van der Waals surface area contributed by atoms with E-state index in [0.29, 0.717) is 22.7 Å². The maximum absolute atomic E-state index is 5.58. The number of aromatic nitrogens is 5. The molecule has 32 heavy (non-hydrogen) atoms. The van der Waals surface area contributed by atoms with Crippen LogP contribution in [0.4, 0.5) is 5.82 Å². The monoisotopic (exact) mass is 431 g/mol. The fourth-order valence-electron chi connectivity index (χ4n) is 5.48. The number of hydrogen-bond donors (Lipinski definition) is 1. The SMILES string of the molecule is CCN1CC2(C1)CN(c1ccc3[nH]c(-c4cc(OC)c5ncnn5c4)c(C(C)C)c3n1)C2. The van der Waals surface area contributed by atoms with Gasteiger partial charge in [0.2, 0.25) is 0 Å². The lowest BCUT2D eigenvalue weighted by molar-refractivity contribution is -0.0181. The van der Waals surface area contributed by atoms with Crippen LogP contribution < -0.4 is 9.64 Å². The summed E-state index contributed by atoms with van der Waals surface area (Å²) >= 11 is 0. The normalized spacial score (nSPS) is 18.0. The van der Waals surface area contributed by atoms with Crippen molar-refractivity contribution in [1.82, 2.24) is 29.5 Å². The van der Waals surface area contributed by atoms with Crippen LogP contribution >= 0.6 is 0 Å². The molecule has 8 nitrogen and oxygen atoms in total. The first kappa shape index (κ1) is 19.5. The summed E-state index contributed by atoms with van der Waals surface area (Å²) < 4.78 is 7.35. The molecule has 2 aliphatic rings. The number of nitrogens with zero attached hydrogens (tertiary/aromatic N) is 6. The highest BCUT2D eigenvalue weighted by Gasteiger charge is 2.51. The van der Waals surface area contributed by atoms with E-state index < -0.39 is 0 Å². The summed E-state index contributed by atoms with van der Waals surface area (Å²) in [6, 6.07) is 6.34. The van der Waals surface area contributed by atoms with Crippen LogP contribution in [0.1, 0.15) is 32.3 Å². The van der Waals surface area contributed by atoms with Crippen LogP contribution in [0.5, 0.6) is 5.75 Å². The van der Waals surface area contributed by atoms with E-state index in [1.165, 1.54) is 18.7 Å². The van der Waals surface area contributed by atoms with Crippen LogP contribution in [0.15, 0.2) is 30.7 Å². The van der Waals surface area contributed by atoms with E-state index in [9.17, 15) is 0 Å². The van der Waals surface area contributed by atoms with Gasteiger partial charge in [-0.3, -0.25) is 0 Å². The molecule has 2 fully saturated rings. The minimum Gasteiger partial charge on any atom is -0.493 e. The molecule has 0 atom stereocenters. The molecule has 0 aliphatic carbocycles. The first-order chi connectivity index (χ1) is 15.5. The van der Waals surface area contributed by atoms with Gasteiger partial charge >= 0.3 is 0 Å². The van der Waals surface area contributed by atoms with E-state index in [1.807, 2.05) is 12.3 Å². The second-order valence-corrected chi connectivity index (χ2v) is 9.62. The summed E-state index contributed by atoms with van der Waals surface area (Å²) in [5.41, 5.74) is 6.60. The van der Waals surface area contributed by atoms with Crippen molar-refractivity contribution in [2.45, 2.75) is 26.7 Å². The molecule has 6 heterocycles. The Hall–Kier alpha value is -3.13. The van der Waals surface area contributed by atoms with E-state index in [0.717, 1.165) is 47.7 Å². The zero-order valence-electron chi connectivity index (χ0n) is 19.1.